The lowest BCUT2D eigenvalue weighted by atomic mass is 9.91. The van der Waals surface area contributed by atoms with E-state index in [0.29, 0.717) is 6.42 Å². The van der Waals surface area contributed by atoms with Gasteiger partial charge in [0.1, 0.15) is 0 Å². The van der Waals surface area contributed by atoms with E-state index in [1.54, 1.807) is 25.1 Å². The van der Waals surface area contributed by atoms with Gasteiger partial charge in [0, 0.05) is 5.56 Å². The van der Waals surface area contributed by atoms with Gasteiger partial charge in [-0.1, -0.05) is 43.7 Å². The van der Waals surface area contributed by atoms with E-state index >= 15 is 0 Å². The van der Waals surface area contributed by atoms with Crippen LogP contribution in [0, 0.1) is 0 Å². The van der Waals surface area contributed by atoms with Crippen molar-refractivity contribution < 1.29 is 14.3 Å². The molecule has 0 aromatic heterocycles. The van der Waals surface area contributed by atoms with Gasteiger partial charge in [-0.05, 0) is 6.42 Å². The fourth-order valence-electron chi connectivity index (χ4n) is 1.42. The Morgan fingerprint density at radius 1 is 1.43 bits per heavy atom. The van der Waals surface area contributed by atoms with Crippen molar-refractivity contribution in [3.05, 3.63) is 35.9 Å². The lowest BCUT2D eigenvalue weighted by Gasteiger charge is -2.20. The molecule has 0 saturated carbocycles. The van der Waals surface area contributed by atoms with Crippen LogP contribution in [0.25, 0.3) is 0 Å². The van der Waals surface area contributed by atoms with Crippen LogP contribution in [-0.2, 0) is 10.5 Å². The normalized spacial score (nSPS) is 14.7. The fraction of sp³-hybridized carbons (Fsp3) is 0.364. The summed E-state index contributed by atoms with van der Waals surface area (Å²) in [7, 11) is 0. The van der Waals surface area contributed by atoms with Gasteiger partial charge in [0.15, 0.2) is 0 Å². The Bertz CT molecular complexity index is 310. The highest BCUT2D eigenvalue weighted by atomic mass is 19.1. The van der Waals surface area contributed by atoms with Crippen molar-refractivity contribution in [2.24, 2.45) is 0 Å². The molecule has 14 heavy (non-hydrogen) atoms. The first-order valence-electron chi connectivity index (χ1n) is 4.59. The van der Waals surface area contributed by atoms with Crippen LogP contribution in [0.2, 0.25) is 0 Å². The van der Waals surface area contributed by atoms with Crippen molar-refractivity contribution in [2.45, 2.75) is 25.4 Å². The lowest BCUT2D eigenvalue weighted by molar-refractivity contribution is -0.152. The lowest BCUT2D eigenvalue weighted by Crippen LogP contribution is -2.30. The quantitative estimate of drug-likeness (QED) is 0.803. The minimum atomic E-state index is -2.24. The maximum absolute atomic E-state index is 14.0. The van der Waals surface area contributed by atoms with Gasteiger partial charge in [-0.25, -0.2) is 9.18 Å². The zero-order chi connectivity index (χ0) is 10.6. The number of halogens is 1. The van der Waals surface area contributed by atoms with Crippen LogP contribution in [0.3, 0.4) is 0 Å². The second-order valence-corrected chi connectivity index (χ2v) is 3.22. The SMILES string of the molecule is CCCC(F)(C(=O)O)c1ccccc1. The maximum atomic E-state index is 14.0. The first-order chi connectivity index (χ1) is 6.61. The van der Waals surface area contributed by atoms with Crippen LogP contribution in [0.5, 0.6) is 0 Å². The van der Waals surface area contributed by atoms with Crippen molar-refractivity contribution in [2.75, 3.05) is 0 Å². The molecule has 0 fully saturated rings. The highest BCUT2D eigenvalue weighted by Gasteiger charge is 2.39. The Morgan fingerprint density at radius 3 is 2.43 bits per heavy atom. The molecule has 0 spiro atoms. The molecular formula is C11H13FO2. The predicted molar refractivity (Wildman–Crippen MR) is 51.8 cm³/mol. The number of hydrogen-bond donors (Lipinski definition) is 1. The molecule has 2 nitrogen and oxygen atoms in total. The molecule has 76 valence electrons. The van der Waals surface area contributed by atoms with Gasteiger partial charge in [0.2, 0.25) is 5.67 Å². The number of carboxylic acid groups (broad SMARTS) is 1. The summed E-state index contributed by atoms with van der Waals surface area (Å²) >= 11 is 0. The fourth-order valence-corrected chi connectivity index (χ4v) is 1.42. The summed E-state index contributed by atoms with van der Waals surface area (Å²) in [6.07, 6.45) is 0.504. The molecule has 1 aromatic rings. The van der Waals surface area contributed by atoms with E-state index in [2.05, 4.69) is 0 Å². The van der Waals surface area contributed by atoms with E-state index in [1.807, 2.05) is 0 Å². The highest BCUT2D eigenvalue weighted by molar-refractivity contribution is 5.79. The smallest absolute Gasteiger partial charge is 0.346 e. The second kappa shape index (κ2) is 4.22. The second-order valence-electron chi connectivity index (χ2n) is 3.22. The molecule has 1 unspecified atom stereocenters. The van der Waals surface area contributed by atoms with Crippen LogP contribution in [0.1, 0.15) is 25.3 Å². The van der Waals surface area contributed by atoms with Crippen molar-refractivity contribution in [3.8, 4) is 0 Å². The molecule has 0 aliphatic rings. The van der Waals surface area contributed by atoms with Gasteiger partial charge in [-0.15, -0.1) is 0 Å². The molecule has 0 aliphatic carbocycles. The zero-order valence-electron chi connectivity index (χ0n) is 8.03. The predicted octanol–water partition coefficient (Wildman–Crippen LogP) is 2.74. The van der Waals surface area contributed by atoms with E-state index < -0.39 is 11.6 Å². The summed E-state index contributed by atoms with van der Waals surface area (Å²) < 4.78 is 14.0. The molecule has 0 bridgehead atoms. The van der Waals surface area contributed by atoms with E-state index in [9.17, 15) is 9.18 Å². The van der Waals surface area contributed by atoms with Crippen molar-refractivity contribution >= 4 is 5.97 Å². The number of carbonyl (C=O) groups is 1. The zero-order valence-corrected chi connectivity index (χ0v) is 8.03. The third-order valence-electron chi connectivity index (χ3n) is 2.16. The van der Waals surface area contributed by atoms with E-state index in [0.717, 1.165) is 0 Å². The summed E-state index contributed by atoms with van der Waals surface area (Å²) in [6, 6.07) is 8.02. The molecule has 3 heteroatoms. The van der Waals surface area contributed by atoms with Gasteiger partial charge in [-0.2, -0.15) is 0 Å². The Balaban J connectivity index is 3.06. The van der Waals surface area contributed by atoms with Crippen LogP contribution < -0.4 is 0 Å². The van der Waals surface area contributed by atoms with Gasteiger partial charge in [0.05, 0.1) is 0 Å². The summed E-state index contributed by atoms with van der Waals surface area (Å²) in [5.74, 6) is -1.41. The number of hydrogen-bond acceptors (Lipinski definition) is 1. The molecule has 0 radical (unpaired) electrons. The molecule has 0 heterocycles. The third-order valence-corrected chi connectivity index (χ3v) is 2.16. The molecule has 0 saturated heterocycles. The molecule has 1 rings (SSSR count). The number of aliphatic carboxylic acids is 1. The highest BCUT2D eigenvalue weighted by Crippen LogP contribution is 2.31. The summed E-state index contributed by atoms with van der Waals surface area (Å²) in [4.78, 5) is 10.8. The Morgan fingerprint density at radius 2 is 2.00 bits per heavy atom. The monoisotopic (exact) mass is 196 g/mol. The molecule has 1 atom stereocenters. The molecule has 0 amide bonds. The van der Waals surface area contributed by atoms with Gasteiger partial charge >= 0.3 is 5.97 Å². The van der Waals surface area contributed by atoms with E-state index in [1.165, 1.54) is 12.1 Å². The maximum Gasteiger partial charge on any atom is 0.346 e. The van der Waals surface area contributed by atoms with E-state index in [-0.39, 0.29) is 12.0 Å². The Kier molecular flexibility index (Phi) is 3.23. The average molecular weight is 196 g/mol. The van der Waals surface area contributed by atoms with Crippen LogP contribution in [0.15, 0.2) is 30.3 Å². The summed E-state index contributed by atoms with van der Waals surface area (Å²) in [5.41, 5.74) is -2.02. The van der Waals surface area contributed by atoms with E-state index in [4.69, 9.17) is 5.11 Å². The molecule has 1 N–H and O–H groups in total. The van der Waals surface area contributed by atoms with Crippen LogP contribution >= 0.6 is 0 Å². The molecule has 1 aromatic carbocycles. The first kappa shape index (κ1) is 10.7. The van der Waals surface area contributed by atoms with Crippen molar-refractivity contribution in [1.29, 1.82) is 0 Å². The van der Waals surface area contributed by atoms with Gasteiger partial charge < -0.3 is 5.11 Å². The minimum absolute atomic E-state index is 0.00630. The van der Waals surface area contributed by atoms with Gasteiger partial charge in [-0.3, -0.25) is 0 Å². The summed E-state index contributed by atoms with van der Waals surface area (Å²) in [5, 5.41) is 8.84. The topological polar surface area (TPSA) is 37.3 Å². The largest absolute Gasteiger partial charge is 0.479 e. The van der Waals surface area contributed by atoms with Gasteiger partial charge in [0.25, 0.3) is 0 Å². The number of alkyl halides is 1. The number of benzene rings is 1. The average Bonchev–Trinajstić information content (AvgIpc) is 2.19. The third kappa shape index (κ3) is 1.92. The first-order valence-corrected chi connectivity index (χ1v) is 4.59. The molecular weight excluding hydrogens is 183 g/mol. The van der Waals surface area contributed by atoms with Crippen LogP contribution in [0.4, 0.5) is 4.39 Å². The molecule has 0 aliphatic heterocycles. The Labute approximate surface area is 82.4 Å². The van der Waals surface area contributed by atoms with Crippen molar-refractivity contribution in [1.82, 2.24) is 0 Å². The van der Waals surface area contributed by atoms with Crippen molar-refractivity contribution in [3.63, 3.8) is 0 Å². The van der Waals surface area contributed by atoms with Crippen LogP contribution in [-0.4, -0.2) is 11.1 Å². The number of carboxylic acids is 1. The number of rotatable bonds is 4. The minimum Gasteiger partial charge on any atom is -0.479 e. The Hall–Kier alpha value is -1.38. The summed E-state index contributed by atoms with van der Waals surface area (Å²) in [6.45, 7) is 1.76. The standard InChI is InChI=1S/C11H13FO2/c1-2-8-11(12,10(13)14)9-6-4-3-5-7-9/h3-7H,2,8H2,1H3,(H,13,14).